The Kier molecular flexibility index (Phi) is 4.16. The number of nitrogens with zero attached hydrogens (tertiary/aromatic N) is 2. The molecule has 2 heterocycles. The fourth-order valence-corrected chi connectivity index (χ4v) is 3.39. The number of piperazine rings is 1. The molecule has 3 heteroatoms. The van der Waals surface area contributed by atoms with Crippen LogP contribution in [0, 0.1) is 0 Å². The molecule has 3 nitrogen and oxygen atoms in total. The molecule has 0 saturated carbocycles. The summed E-state index contributed by atoms with van der Waals surface area (Å²) in [4.78, 5) is 5.28. The molecule has 1 atom stereocenters. The summed E-state index contributed by atoms with van der Waals surface area (Å²) in [6.07, 6.45) is 1.27. The summed E-state index contributed by atoms with van der Waals surface area (Å²) in [5.74, 6) is 0. The van der Waals surface area contributed by atoms with Crippen LogP contribution in [-0.2, 0) is 6.54 Å². The topological polar surface area (TPSA) is 18.5 Å². The second-order valence-electron chi connectivity index (χ2n) is 5.69. The summed E-state index contributed by atoms with van der Waals surface area (Å²) in [5, 5.41) is 3.41. The Balaban J connectivity index is 1.57. The van der Waals surface area contributed by atoms with Gasteiger partial charge in [0.15, 0.2) is 0 Å². The Hall–Kier alpha value is -0.900. The monoisotopic (exact) mass is 259 g/mol. The van der Waals surface area contributed by atoms with Gasteiger partial charge in [-0.25, -0.2) is 0 Å². The largest absolute Gasteiger partial charge is 0.317 e. The molecule has 0 aliphatic carbocycles. The van der Waals surface area contributed by atoms with Crippen molar-refractivity contribution < 1.29 is 0 Å². The smallest absolute Gasteiger partial charge is 0.0482 e. The van der Waals surface area contributed by atoms with Crippen LogP contribution < -0.4 is 5.32 Å². The van der Waals surface area contributed by atoms with Crippen LogP contribution in [0.3, 0.4) is 0 Å². The fraction of sp³-hybridized carbons (Fsp3) is 0.625. The zero-order chi connectivity index (χ0) is 13.1. The number of hydrogen-bond acceptors (Lipinski definition) is 3. The van der Waals surface area contributed by atoms with E-state index in [1.54, 1.807) is 11.1 Å². The quantitative estimate of drug-likeness (QED) is 0.814. The lowest BCUT2D eigenvalue weighted by Crippen LogP contribution is -2.46. The van der Waals surface area contributed by atoms with E-state index in [0.29, 0.717) is 6.04 Å². The Morgan fingerprint density at radius 3 is 3.05 bits per heavy atom. The summed E-state index contributed by atoms with van der Waals surface area (Å²) in [6, 6.07) is 9.62. The van der Waals surface area contributed by atoms with Crippen molar-refractivity contribution in [3.63, 3.8) is 0 Å². The van der Waals surface area contributed by atoms with E-state index in [2.05, 4.69) is 46.3 Å². The minimum absolute atomic E-state index is 0.643. The van der Waals surface area contributed by atoms with E-state index in [-0.39, 0.29) is 0 Å². The van der Waals surface area contributed by atoms with E-state index < -0.39 is 0 Å². The van der Waals surface area contributed by atoms with Gasteiger partial charge in [-0.15, -0.1) is 0 Å². The third-order valence-electron chi connectivity index (χ3n) is 4.44. The molecule has 19 heavy (non-hydrogen) atoms. The Morgan fingerprint density at radius 2 is 2.16 bits per heavy atom. The Morgan fingerprint density at radius 1 is 1.26 bits per heavy atom. The van der Waals surface area contributed by atoms with E-state index in [4.69, 9.17) is 0 Å². The lowest BCUT2D eigenvalue weighted by atomic mass is 10.0. The zero-order valence-corrected chi connectivity index (χ0v) is 11.9. The van der Waals surface area contributed by atoms with Crippen molar-refractivity contribution in [2.75, 3.05) is 39.3 Å². The van der Waals surface area contributed by atoms with Crippen molar-refractivity contribution >= 4 is 0 Å². The van der Waals surface area contributed by atoms with E-state index >= 15 is 0 Å². The number of nitrogens with one attached hydrogen (secondary N) is 1. The summed E-state index contributed by atoms with van der Waals surface area (Å²) >= 11 is 0. The molecule has 2 aliphatic rings. The highest BCUT2D eigenvalue weighted by Crippen LogP contribution is 2.35. The van der Waals surface area contributed by atoms with Crippen LogP contribution in [0.4, 0.5) is 0 Å². The van der Waals surface area contributed by atoms with Crippen molar-refractivity contribution in [2.24, 2.45) is 0 Å². The number of fused-ring (bicyclic) bond motifs is 3. The van der Waals surface area contributed by atoms with Crippen molar-refractivity contribution in [3.05, 3.63) is 35.4 Å². The molecule has 104 valence electrons. The number of benzene rings is 1. The highest BCUT2D eigenvalue weighted by Gasteiger charge is 2.34. The summed E-state index contributed by atoms with van der Waals surface area (Å²) in [7, 11) is 0. The standard InChI is InChI=1S/C16H25N3/c1-2-17-8-5-9-18-10-11-19-12-14-6-3-4-7-15(14)16(19)13-18/h3-4,6-7,16-17H,2,5,8-13H2,1H3. The molecule has 1 N–H and O–H groups in total. The lowest BCUT2D eigenvalue weighted by Gasteiger charge is -2.37. The van der Waals surface area contributed by atoms with Crippen LogP contribution in [0.1, 0.15) is 30.5 Å². The molecule has 2 aliphatic heterocycles. The summed E-state index contributed by atoms with van der Waals surface area (Å²) < 4.78 is 0. The maximum atomic E-state index is 3.41. The molecular weight excluding hydrogens is 234 g/mol. The van der Waals surface area contributed by atoms with Crippen molar-refractivity contribution in [1.82, 2.24) is 15.1 Å². The maximum Gasteiger partial charge on any atom is 0.0482 e. The van der Waals surface area contributed by atoms with Gasteiger partial charge in [-0.3, -0.25) is 4.90 Å². The van der Waals surface area contributed by atoms with E-state index in [9.17, 15) is 0 Å². The Labute approximate surface area is 116 Å². The second kappa shape index (κ2) is 6.04. The summed E-state index contributed by atoms with van der Waals surface area (Å²) in [6.45, 7) is 10.5. The summed E-state index contributed by atoms with van der Waals surface area (Å²) in [5.41, 5.74) is 3.11. The molecule has 1 fully saturated rings. The van der Waals surface area contributed by atoms with Crippen LogP contribution in [-0.4, -0.2) is 49.1 Å². The fourth-order valence-electron chi connectivity index (χ4n) is 3.39. The van der Waals surface area contributed by atoms with Crippen LogP contribution in [0.2, 0.25) is 0 Å². The molecule has 3 rings (SSSR count). The van der Waals surface area contributed by atoms with E-state index in [1.807, 2.05) is 0 Å². The van der Waals surface area contributed by atoms with Gasteiger partial charge in [0.05, 0.1) is 0 Å². The predicted octanol–water partition coefficient (Wildman–Crippen LogP) is 1.86. The predicted molar refractivity (Wildman–Crippen MR) is 79.2 cm³/mol. The lowest BCUT2D eigenvalue weighted by molar-refractivity contribution is 0.0827. The average Bonchev–Trinajstić information content (AvgIpc) is 2.82. The number of rotatable bonds is 5. The zero-order valence-electron chi connectivity index (χ0n) is 11.9. The van der Waals surface area contributed by atoms with Crippen molar-refractivity contribution in [2.45, 2.75) is 25.9 Å². The van der Waals surface area contributed by atoms with E-state index in [1.165, 1.54) is 32.6 Å². The van der Waals surface area contributed by atoms with Crippen molar-refractivity contribution in [1.29, 1.82) is 0 Å². The van der Waals surface area contributed by atoms with Gasteiger partial charge in [0.25, 0.3) is 0 Å². The van der Waals surface area contributed by atoms with Crippen LogP contribution in [0.25, 0.3) is 0 Å². The molecule has 0 bridgehead atoms. The minimum atomic E-state index is 0.643. The van der Waals surface area contributed by atoms with Crippen LogP contribution in [0.5, 0.6) is 0 Å². The number of hydrogen-bond donors (Lipinski definition) is 1. The second-order valence-corrected chi connectivity index (χ2v) is 5.69. The third kappa shape index (κ3) is 2.83. The molecular formula is C16H25N3. The van der Waals surface area contributed by atoms with Gasteiger partial charge in [-0.05, 0) is 37.2 Å². The molecule has 1 aromatic carbocycles. The Bertz CT molecular complexity index is 418. The highest BCUT2D eigenvalue weighted by atomic mass is 15.3. The average molecular weight is 259 g/mol. The third-order valence-corrected chi connectivity index (χ3v) is 4.44. The molecule has 0 spiro atoms. The van der Waals surface area contributed by atoms with Gasteiger partial charge in [-0.1, -0.05) is 31.2 Å². The first-order valence-corrected chi connectivity index (χ1v) is 7.63. The maximum absolute atomic E-state index is 3.41. The van der Waals surface area contributed by atoms with Gasteiger partial charge in [0.1, 0.15) is 0 Å². The van der Waals surface area contributed by atoms with Gasteiger partial charge < -0.3 is 10.2 Å². The first-order chi connectivity index (χ1) is 9.38. The molecule has 0 radical (unpaired) electrons. The highest BCUT2D eigenvalue weighted by molar-refractivity contribution is 5.34. The molecule has 1 unspecified atom stereocenters. The first kappa shape index (κ1) is 13.1. The normalized spacial score (nSPS) is 23.3. The first-order valence-electron chi connectivity index (χ1n) is 7.63. The minimum Gasteiger partial charge on any atom is -0.317 e. The van der Waals surface area contributed by atoms with Gasteiger partial charge in [0, 0.05) is 32.2 Å². The molecule has 0 amide bonds. The van der Waals surface area contributed by atoms with Gasteiger partial charge in [0.2, 0.25) is 0 Å². The molecule has 1 aromatic rings. The molecule has 0 aromatic heterocycles. The van der Waals surface area contributed by atoms with Crippen LogP contribution >= 0.6 is 0 Å². The SMILES string of the molecule is CCNCCCN1CCN2Cc3ccccc3C2C1. The van der Waals surface area contributed by atoms with Gasteiger partial charge in [-0.2, -0.15) is 0 Å². The molecule has 1 saturated heterocycles. The van der Waals surface area contributed by atoms with Gasteiger partial charge >= 0.3 is 0 Å². The van der Waals surface area contributed by atoms with E-state index in [0.717, 1.165) is 19.6 Å². The van der Waals surface area contributed by atoms with Crippen molar-refractivity contribution in [3.8, 4) is 0 Å². The van der Waals surface area contributed by atoms with Crippen LogP contribution in [0.15, 0.2) is 24.3 Å².